The van der Waals surface area contributed by atoms with Crippen LogP contribution in [0.5, 0.6) is 0 Å². The van der Waals surface area contributed by atoms with Crippen LogP contribution in [-0.4, -0.2) is 35.7 Å². The summed E-state index contributed by atoms with van der Waals surface area (Å²) < 4.78 is 28.1. The van der Waals surface area contributed by atoms with Gasteiger partial charge in [-0.2, -0.15) is 5.10 Å². The average Bonchev–Trinajstić information content (AvgIpc) is 3.41. The van der Waals surface area contributed by atoms with Gasteiger partial charge in [0.25, 0.3) is 0 Å². The highest BCUT2D eigenvalue weighted by atomic mass is 19.1. The Bertz CT molecular complexity index is 1080. The largest absolute Gasteiger partial charge is 0.384 e. The van der Waals surface area contributed by atoms with Crippen LogP contribution in [0.1, 0.15) is 29.8 Å². The third kappa shape index (κ3) is 3.64. The molecule has 2 heterocycles. The number of benzene rings is 2. The molecule has 7 nitrogen and oxygen atoms in total. The van der Waals surface area contributed by atoms with Crippen molar-refractivity contribution < 1.29 is 13.9 Å². The summed E-state index contributed by atoms with van der Waals surface area (Å²) in [4.78, 5) is 4.06. The van der Waals surface area contributed by atoms with E-state index in [-0.39, 0.29) is 12.0 Å². The number of rotatable bonds is 6. The van der Waals surface area contributed by atoms with E-state index in [4.69, 9.17) is 0 Å². The predicted molar refractivity (Wildman–Crippen MR) is 101 cm³/mol. The number of aromatic nitrogens is 6. The van der Waals surface area contributed by atoms with Gasteiger partial charge in [-0.05, 0) is 11.6 Å². The van der Waals surface area contributed by atoms with Crippen LogP contribution in [0.25, 0.3) is 11.3 Å². The van der Waals surface area contributed by atoms with Gasteiger partial charge in [-0.15, -0.1) is 5.10 Å². The number of hydrogen-bond acceptors (Lipinski definition) is 5. The summed E-state index contributed by atoms with van der Waals surface area (Å²) >= 11 is 0. The molecule has 2 aromatic carbocycles. The first kappa shape index (κ1) is 18.9. The molecule has 29 heavy (non-hydrogen) atoms. The molecule has 2 atom stereocenters. The third-order valence-corrected chi connectivity index (χ3v) is 5.13. The number of nitrogens with zero attached hydrogens (tertiary/aromatic N) is 4. The standard InChI is InChI=1S/C20H18F2N6O/c1-12(13-2-4-14(5-3-13)18-10-24-28-26-18)20(29,9-19-23-11-25-27-19)16-7-6-15(21)8-17(16)22/h2-8,10-12,29H,9H2,1H3,(H,23,25,27)(H,24,26,28)/t12-,20+/m0/s1. The Labute approximate surface area is 164 Å². The van der Waals surface area contributed by atoms with Crippen LogP contribution < -0.4 is 0 Å². The molecule has 0 bridgehead atoms. The van der Waals surface area contributed by atoms with Gasteiger partial charge in [-0.1, -0.05) is 42.5 Å². The van der Waals surface area contributed by atoms with Crippen LogP contribution in [0.15, 0.2) is 55.0 Å². The van der Waals surface area contributed by atoms with Gasteiger partial charge in [0, 0.05) is 35.7 Å². The Morgan fingerprint density at radius 2 is 1.90 bits per heavy atom. The van der Waals surface area contributed by atoms with E-state index in [1.54, 1.807) is 13.1 Å². The smallest absolute Gasteiger partial charge is 0.153 e. The Kier molecular flexibility index (Phi) is 4.89. The van der Waals surface area contributed by atoms with Crippen LogP contribution in [-0.2, 0) is 12.0 Å². The minimum Gasteiger partial charge on any atom is -0.384 e. The SMILES string of the molecule is C[C@@H](c1ccc(-c2c[nH]nn2)cc1)[C@](O)(Cc1nc[nH]n1)c1ccc(F)cc1F. The van der Waals surface area contributed by atoms with Crippen LogP contribution in [0.3, 0.4) is 0 Å². The van der Waals surface area contributed by atoms with E-state index < -0.39 is 23.2 Å². The molecule has 4 aromatic rings. The quantitative estimate of drug-likeness (QED) is 0.465. The molecule has 9 heteroatoms. The second kappa shape index (κ2) is 7.51. The molecule has 0 aliphatic heterocycles. The van der Waals surface area contributed by atoms with Crippen molar-refractivity contribution in [2.75, 3.05) is 0 Å². The molecule has 0 aliphatic rings. The van der Waals surface area contributed by atoms with Crippen LogP contribution in [0.4, 0.5) is 8.78 Å². The Balaban J connectivity index is 1.74. The number of nitrogens with one attached hydrogen (secondary N) is 2. The van der Waals surface area contributed by atoms with Gasteiger partial charge in [-0.3, -0.25) is 10.2 Å². The van der Waals surface area contributed by atoms with Crippen LogP contribution in [0, 0.1) is 11.6 Å². The minimum atomic E-state index is -1.70. The Morgan fingerprint density at radius 1 is 1.10 bits per heavy atom. The van der Waals surface area contributed by atoms with E-state index in [0.29, 0.717) is 11.5 Å². The number of aromatic amines is 2. The Hall–Kier alpha value is -3.46. The van der Waals surface area contributed by atoms with Gasteiger partial charge in [0.2, 0.25) is 0 Å². The summed E-state index contributed by atoms with van der Waals surface area (Å²) in [5.41, 5.74) is 0.579. The molecular weight excluding hydrogens is 378 g/mol. The highest BCUT2D eigenvalue weighted by Gasteiger charge is 2.40. The molecule has 4 rings (SSSR count). The molecule has 2 aromatic heterocycles. The maximum Gasteiger partial charge on any atom is 0.153 e. The van der Waals surface area contributed by atoms with Crippen molar-refractivity contribution in [3.8, 4) is 11.3 Å². The van der Waals surface area contributed by atoms with E-state index >= 15 is 0 Å². The van der Waals surface area contributed by atoms with Crippen molar-refractivity contribution in [2.45, 2.75) is 24.9 Å². The zero-order chi connectivity index (χ0) is 20.4. The first-order chi connectivity index (χ1) is 14.0. The summed E-state index contributed by atoms with van der Waals surface area (Å²) in [5.74, 6) is -1.76. The summed E-state index contributed by atoms with van der Waals surface area (Å²) in [6, 6.07) is 10.5. The zero-order valence-electron chi connectivity index (χ0n) is 15.5. The zero-order valence-corrected chi connectivity index (χ0v) is 15.5. The maximum absolute atomic E-state index is 14.6. The second-order valence-electron chi connectivity index (χ2n) is 6.84. The summed E-state index contributed by atoms with van der Waals surface area (Å²) in [7, 11) is 0. The molecule has 0 amide bonds. The van der Waals surface area contributed by atoms with Gasteiger partial charge >= 0.3 is 0 Å². The molecule has 0 fully saturated rings. The van der Waals surface area contributed by atoms with Gasteiger partial charge in [0.15, 0.2) is 5.82 Å². The molecule has 0 saturated carbocycles. The summed E-state index contributed by atoms with van der Waals surface area (Å²) in [5, 5.41) is 28.5. The lowest BCUT2D eigenvalue weighted by atomic mass is 9.75. The Morgan fingerprint density at radius 3 is 2.52 bits per heavy atom. The summed E-state index contributed by atoms with van der Waals surface area (Å²) in [6.45, 7) is 1.78. The minimum absolute atomic E-state index is 0.0169. The third-order valence-electron chi connectivity index (χ3n) is 5.13. The topological polar surface area (TPSA) is 103 Å². The van der Waals surface area contributed by atoms with Gasteiger partial charge in [0.05, 0.1) is 0 Å². The number of aliphatic hydroxyl groups is 1. The lowest BCUT2D eigenvalue weighted by Crippen LogP contribution is -2.36. The first-order valence-electron chi connectivity index (χ1n) is 8.97. The molecule has 0 aliphatic carbocycles. The molecular formula is C20H18F2N6O. The van der Waals surface area contributed by atoms with E-state index in [9.17, 15) is 13.9 Å². The van der Waals surface area contributed by atoms with Crippen LogP contribution >= 0.6 is 0 Å². The number of hydrogen-bond donors (Lipinski definition) is 3. The maximum atomic E-state index is 14.6. The highest BCUT2D eigenvalue weighted by molar-refractivity contribution is 5.58. The fraction of sp³-hybridized carbons (Fsp3) is 0.200. The molecule has 3 N–H and O–H groups in total. The molecule has 0 radical (unpaired) electrons. The molecule has 0 unspecified atom stereocenters. The van der Waals surface area contributed by atoms with Gasteiger partial charge < -0.3 is 5.11 Å². The lowest BCUT2D eigenvalue weighted by molar-refractivity contribution is 0.00742. The molecule has 0 spiro atoms. The van der Waals surface area contributed by atoms with Crippen molar-refractivity contribution in [3.63, 3.8) is 0 Å². The monoisotopic (exact) mass is 396 g/mol. The summed E-state index contributed by atoms with van der Waals surface area (Å²) in [6.07, 6.45) is 3.01. The lowest BCUT2D eigenvalue weighted by Gasteiger charge is -2.34. The van der Waals surface area contributed by atoms with E-state index in [1.165, 1.54) is 12.4 Å². The average molecular weight is 396 g/mol. The highest BCUT2D eigenvalue weighted by Crippen LogP contribution is 2.40. The molecule has 148 valence electrons. The van der Waals surface area contributed by atoms with Crippen molar-refractivity contribution in [1.29, 1.82) is 0 Å². The van der Waals surface area contributed by atoms with E-state index in [0.717, 1.165) is 23.3 Å². The fourth-order valence-corrected chi connectivity index (χ4v) is 3.44. The fourth-order valence-electron chi connectivity index (χ4n) is 3.44. The van der Waals surface area contributed by atoms with Crippen molar-refractivity contribution in [1.82, 2.24) is 30.6 Å². The predicted octanol–water partition coefficient (Wildman–Crippen LogP) is 3.10. The normalized spacial score (nSPS) is 14.5. The van der Waals surface area contributed by atoms with Gasteiger partial charge in [0.1, 0.15) is 29.3 Å². The van der Waals surface area contributed by atoms with E-state index in [2.05, 4.69) is 30.6 Å². The number of halogens is 2. The van der Waals surface area contributed by atoms with Crippen molar-refractivity contribution >= 4 is 0 Å². The van der Waals surface area contributed by atoms with Crippen LogP contribution in [0.2, 0.25) is 0 Å². The van der Waals surface area contributed by atoms with E-state index in [1.807, 2.05) is 24.3 Å². The second-order valence-corrected chi connectivity index (χ2v) is 6.84. The first-order valence-corrected chi connectivity index (χ1v) is 8.97. The number of H-pyrrole nitrogens is 2. The molecule has 0 saturated heterocycles. The van der Waals surface area contributed by atoms with Gasteiger partial charge in [-0.25, -0.2) is 13.8 Å². The van der Waals surface area contributed by atoms with Crippen molar-refractivity contribution in [3.05, 3.63) is 83.6 Å². The van der Waals surface area contributed by atoms with Crippen molar-refractivity contribution in [2.24, 2.45) is 0 Å².